The van der Waals surface area contributed by atoms with Crippen molar-refractivity contribution in [3.63, 3.8) is 0 Å². The number of thiazole rings is 1. The van der Waals surface area contributed by atoms with Gasteiger partial charge >= 0.3 is 5.97 Å². The van der Waals surface area contributed by atoms with Gasteiger partial charge in [0.1, 0.15) is 0 Å². The van der Waals surface area contributed by atoms with E-state index < -0.39 is 5.97 Å². The second-order valence-electron chi connectivity index (χ2n) is 4.59. The zero-order chi connectivity index (χ0) is 13.1. The Morgan fingerprint density at radius 3 is 2.72 bits per heavy atom. The lowest BCUT2D eigenvalue weighted by Gasteiger charge is -2.31. The normalized spacial score (nSPS) is 17.1. The Bertz CT molecular complexity index is 425. The van der Waals surface area contributed by atoms with Gasteiger partial charge in [-0.25, -0.2) is 9.78 Å². The van der Waals surface area contributed by atoms with E-state index in [-0.39, 0.29) is 5.69 Å². The number of nitrogens with zero attached hydrogens (tertiary/aromatic N) is 2. The molecule has 0 saturated carbocycles. The van der Waals surface area contributed by atoms with Gasteiger partial charge in [-0.05, 0) is 25.7 Å². The summed E-state index contributed by atoms with van der Waals surface area (Å²) in [6.45, 7) is 4.48. The number of carboxylic acids is 1. The number of piperidine rings is 1. The smallest absolute Gasteiger partial charge is 0.355 e. The summed E-state index contributed by atoms with van der Waals surface area (Å²) >= 11 is 1.47. The third kappa shape index (κ3) is 2.81. The van der Waals surface area contributed by atoms with E-state index >= 15 is 0 Å². The number of methoxy groups -OCH3 is 1. The maximum Gasteiger partial charge on any atom is 0.355 e. The number of hydrogen-bond donors (Lipinski definition) is 1. The van der Waals surface area contributed by atoms with Gasteiger partial charge in [0.2, 0.25) is 0 Å². The lowest BCUT2D eigenvalue weighted by Crippen LogP contribution is -2.34. The molecular formula is C12H18N2O3S. The number of aromatic nitrogens is 1. The average molecular weight is 270 g/mol. The van der Waals surface area contributed by atoms with Crippen LogP contribution in [0, 0.1) is 12.8 Å². The molecule has 100 valence electrons. The highest BCUT2D eigenvalue weighted by molar-refractivity contribution is 7.15. The van der Waals surface area contributed by atoms with Crippen molar-refractivity contribution in [1.82, 2.24) is 4.98 Å². The highest BCUT2D eigenvalue weighted by Crippen LogP contribution is 2.29. The highest BCUT2D eigenvalue weighted by Gasteiger charge is 2.23. The van der Waals surface area contributed by atoms with Gasteiger partial charge in [0.25, 0.3) is 0 Å². The maximum atomic E-state index is 11.0. The Balaban J connectivity index is 2.01. The van der Waals surface area contributed by atoms with Crippen molar-refractivity contribution in [1.29, 1.82) is 0 Å². The standard InChI is InChI=1S/C12H18N2O3S/c1-8-10(11(15)16)13-12(18-8)14-5-3-9(4-6-14)7-17-2/h9H,3-7H2,1-2H3,(H,15,16). The van der Waals surface area contributed by atoms with Gasteiger partial charge in [-0.2, -0.15) is 0 Å². The van der Waals surface area contributed by atoms with E-state index in [9.17, 15) is 4.79 Å². The molecule has 0 spiro atoms. The molecule has 1 fully saturated rings. The largest absolute Gasteiger partial charge is 0.476 e. The molecule has 0 amide bonds. The number of ether oxygens (including phenoxy) is 1. The molecule has 0 aromatic carbocycles. The van der Waals surface area contributed by atoms with Crippen molar-refractivity contribution in [3.8, 4) is 0 Å². The summed E-state index contributed by atoms with van der Waals surface area (Å²) in [5.41, 5.74) is 0.189. The minimum Gasteiger partial charge on any atom is -0.476 e. The highest BCUT2D eigenvalue weighted by atomic mass is 32.1. The van der Waals surface area contributed by atoms with Crippen molar-refractivity contribution in [2.75, 3.05) is 31.7 Å². The second-order valence-corrected chi connectivity index (χ2v) is 5.77. The van der Waals surface area contributed by atoms with Crippen LogP contribution in [0.25, 0.3) is 0 Å². The first-order chi connectivity index (χ1) is 8.61. The van der Waals surface area contributed by atoms with Crippen LogP contribution in [0.5, 0.6) is 0 Å². The van der Waals surface area contributed by atoms with E-state index in [0.29, 0.717) is 5.92 Å². The fraction of sp³-hybridized carbons (Fsp3) is 0.667. The first kappa shape index (κ1) is 13.3. The summed E-state index contributed by atoms with van der Waals surface area (Å²) in [6, 6.07) is 0. The Morgan fingerprint density at radius 2 is 2.22 bits per heavy atom. The zero-order valence-corrected chi connectivity index (χ0v) is 11.5. The molecule has 1 aliphatic rings. The van der Waals surface area contributed by atoms with Crippen molar-refractivity contribution in [2.24, 2.45) is 5.92 Å². The molecule has 0 unspecified atom stereocenters. The fourth-order valence-corrected chi connectivity index (χ4v) is 3.19. The van der Waals surface area contributed by atoms with E-state index in [0.717, 1.165) is 42.5 Å². The fourth-order valence-electron chi connectivity index (χ4n) is 2.24. The molecule has 1 aliphatic heterocycles. The molecule has 6 heteroatoms. The monoisotopic (exact) mass is 270 g/mol. The molecule has 2 rings (SSSR count). The van der Waals surface area contributed by atoms with Gasteiger partial charge in [-0.15, -0.1) is 11.3 Å². The van der Waals surface area contributed by atoms with Crippen LogP contribution in [-0.4, -0.2) is 42.9 Å². The molecule has 0 aliphatic carbocycles. The predicted octanol–water partition coefficient (Wildman–Crippen LogP) is 2.01. The average Bonchev–Trinajstić information content (AvgIpc) is 2.73. The molecular weight excluding hydrogens is 252 g/mol. The number of anilines is 1. The lowest BCUT2D eigenvalue weighted by atomic mass is 9.98. The molecule has 1 saturated heterocycles. The SMILES string of the molecule is COCC1CCN(c2nc(C(=O)O)c(C)s2)CC1. The topological polar surface area (TPSA) is 62.7 Å². The Labute approximate surface area is 110 Å². The van der Waals surface area contributed by atoms with Crippen molar-refractivity contribution in [3.05, 3.63) is 10.6 Å². The van der Waals surface area contributed by atoms with Gasteiger partial charge in [0.05, 0.1) is 0 Å². The van der Waals surface area contributed by atoms with Gasteiger partial charge < -0.3 is 14.7 Å². The van der Waals surface area contributed by atoms with Crippen molar-refractivity contribution in [2.45, 2.75) is 19.8 Å². The summed E-state index contributed by atoms with van der Waals surface area (Å²) in [5.74, 6) is -0.324. The van der Waals surface area contributed by atoms with Crippen molar-refractivity contribution >= 4 is 22.4 Å². The van der Waals surface area contributed by atoms with Crippen LogP contribution < -0.4 is 4.90 Å². The summed E-state index contributed by atoms with van der Waals surface area (Å²) in [6.07, 6.45) is 2.16. The van der Waals surface area contributed by atoms with Crippen molar-refractivity contribution < 1.29 is 14.6 Å². The molecule has 18 heavy (non-hydrogen) atoms. The summed E-state index contributed by atoms with van der Waals surface area (Å²) in [7, 11) is 1.73. The maximum absolute atomic E-state index is 11.0. The Hall–Kier alpha value is -1.14. The Kier molecular flexibility index (Phi) is 4.19. The van der Waals surface area contributed by atoms with Crippen LogP contribution in [0.15, 0.2) is 0 Å². The number of rotatable bonds is 4. The van der Waals surface area contributed by atoms with Gasteiger partial charge in [-0.1, -0.05) is 0 Å². The van der Waals surface area contributed by atoms with E-state index in [4.69, 9.17) is 9.84 Å². The summed E-state index contributed by atoms with van der Waals surface area (Å²) in [5, 5.41) is 9.83. The van der Waals surface area contributed by atoms with Crippen LogP contribution in [0.3, 0.4) is 0 Å². The third-order valence-corrected chi connectivity index (χ3v) is 4.31. The third-order valence-electron chi connectivity index (χ3n) is 3.28. The van der Waals surface area contributed by atoms with Crippen LogP contribution in [-0.2, 0) is 4.74 Å². The van der Waals surface area contributed by atoms with Crippen LogP contribution >= 0.6 is 11.3 Å². The first-order valence-corrected chi connectivity index (χ1v) is 6.88. The quantitative estimate of drug-likeness (QED) is 0.906. The first-order valence-electron chi connectivity index (χ1n) is 6.06. The molecule has 1 N–H and O–H groups in total. The van der Waals surface area contributed by atoms with Gasteiger partial charge in [0, 0.05) is 31.7 Å². The van der Waals surface area contributed by atoms with Gasteiger partial charge in [-0.3, -0.25) is 0 Å². The number of hydrogen-bond acceptors (Lipinski definition) is 5. The molecule has 0 atom stereocenters. The molecule has 0 bridgehead atoms. The summed E-state index contributed by atoms with van der Waals surface area (Å²) < 4.78 is 5.17. The van der Waals surface area contributed by atoms with E-state index in [1.165, 1.54) is 11.3 Å². The van der Waals surface area contributed by atoms with Crippen LogP contribution in [0.4, 0.5) is 5.13 Å². The number of aryl methyl sites for hydroxylation is 1. The molecule has 2 heterocycles. The zero-order valence-electron chi connectivity index (χ0n) is 10.7. The Morgan fingerprint density at radius 1 is 1.56 bits per heavy atom. The van der Waals surface area contributed by atoms with Gasteiger partial charge in [0.15, 0.2) is 10.8 Å². The lowest BCUT2D eigenvalue weighted by molar-refractivity contribution is 0.0690. The molecule has 1 aromatic rings. The minimum atomic E-state index is -0.940. The van der Waals surface area contributed by atoms with E-state index in [2.05, 4.69) is 9.88 Å². The second kappa shape index (κ2) is 5.67. The molecule has 1 aromatic heterocycles. The summed E-state index contributed by atoms with van der Waals surface area (Å²) in [4.78, 5) is 18.1. The minimum absolute atomic E-state index is 0.189. The number of carboxylic acid groups (broad SMARTS) is 1. The number of aromatic carboxylic acids is 1. The van der Waals surface area contributed by atoms with E-state index in [1.807, 2.05) is 6.92 Å². The predicted molar refractivity (Wildman–Crippen MR) is 70.6 cm³/mol. The molecule has 5 nitrogen and oxygen atoms in total. The molecule has 0 radical (unpaired) electrons. The van der Waals surface area contributed by atoms with E-state index in [1.54, 1.807) is 7.11 Å². The van der Waals surface area contributed by atoms with Crippen LogP contribution in [0.1, 0.15) is 28.2 Å². The number of carbonyl (C=O) groups is 1. The van der Waals surface area contributed by atoms with Crippen LogP contribution in [0.2, 0.25) is 0 Å².